The van der Waals surface area contributed by atoms with Crippen LogP contribution < -0.4 is 15.0 Å². The number of piperazine rings is 1. The molecule has 2 saturated carbocycles. The van der Waals surface area contributed by atoms with Crippen LogP contribution in [0.4, 0.5) is 10.5 Å². The first-order valence-corrected chi connectivity index (χ1v) is 10.3. The van der Waals surface area contributed by atoms with Gasteiger partial charge < -0.3 is 19.9 Å². The maximum absolute atomic E-state index is 12.9. The maximum Gasteiger partial charge on any atom is 0.317 e. The number of carbonyl (C=O) groups excluding carboxylic acids is 1. The van der Waals surface area contributed by atoms with Gasteiger partial charge in [-0.15, -0.1) is 0 Å². The molecule has 0 unspecified atom stereocenters. The van der Waals surface area contributed by atoms with Crippen LogP contribution in [0.1, 0.15) is 40.0 Å². The Hall–Kier alpha value is -1.91. The number of carbonyl (C=O) groups is 1. The molecule has 4 rings (SSSR count). The zero-order valence-corrected chi connectivity index (χ0v) is 17.1. The highest BCUT2D eigenvalue weighted by Gasteiger charge is 2.61. The first-order chi connectivity index (χ1) is 12.8. The largest absolute Gasteiger partial charge is 0.497 e. The third kappa shape index (κ3) is 2.95. The van der Waals surface area contributed by atoms with Gasteiger partial charge >= 0.3 is 6.03 Å². The molecule has 1 aliphatic heterocycles. The predicted octanol–water partition coefficient (Wildman–Crippen LogP) is 3.74. The molecule has 1 N–H and O–H groups in total. The van der Waals surface area contributed by atoms with E-state index in [2.05, 4.69) is 43.1 Å². The van der Waals surface area contributed by atoms with Gasteiger partial charge in [-0.25, -0.2) is 4.79 Å². The number of amides is 2. The Kier molecular flexibility index (Phi) is 4.52. The molecular weight excluding hydrogens is 338 g/mol. The van der Waals surface area contributed by atoms with E-state index in [-0.39, 0.29) is 11.4 Å². The molecule has 1 saturated heterocycles. The van der Waals surface area contributed by atoms with E-state index in [0.29, 0.717) is 11.5 Å². The number of ether oxygens (including phenoxy) is 1. The van der Waals surface area contributed by atoms with Crippen molar-refractivity contribution in [1.29, 1.82) is 0 Å². The Morgan fingerprint density at radius 3 is 2.52 bits per heavy atom. The van der Waals surface area contributed by atoms with Crippen molar-refractivity contribution in [3.63, 3.8) is 0 Å². The second-order valence-corrected chi connectivity index (χ2v) is 9.29. The molecule has 0 aromatic heterocycles. The van der Waals surface area contributed by atoms with Gasteiger partial charge in [0.1, 0.15) is 5.75 Å². The number of hydrogen-bond acceptors (Lipinski definition) is 3. The van der Waals surface area contributed by atoms with Crippen molar-refractivity contribution in [3.8, 4) is 5.75 Å². The number of benzene rings is 1. The smallest absolute Gasteiger partial charge is 0.317 e. The van der Waals surface area contributed by atoms with E-state index in [9.17, 15) is 4.79 Å². The first kappa shape index (κ1) is 18.5. The Morgan fingerprint density at radius 2 is 1.93 bits per heavy atom. The highest BCUT2D eigenvalue weighted by atomic mass is 16.5. The summed E-state index contributed by atoms with van der Waals surface area (Å²) in [4.78, 5) is 17.2. The summed E-state index contributed by atoms with van der Waals surface area (Å²) >= 11 is 0. The second-order valence-electron chi connectivity index (χ2n) is 9.29. The summed E-state index contributed by atoms with van der Waals surface area (Å²) in [7, 11) is 1.69. The average molecular weight is 372 g/mol. The number of rotatable bonds is 3. The van der Waals surface area contributed by atoms with Gasteiger partial charge in [0.05, 0.1) is 7.11 Å². The quantitative estimate of drug-likeness (QED) is 0.880. The van der Waals surface area contributed by atoms with Gasteiger partial charge in [0, 0.05) is 44.0 Å². The molecular formula is C22H33N3O2. The van der Waals surface area contributed by atoms with Crippen LogP contribution in [-0.4, -0.2) is 50.3 Å². The number of anilines is 1. The number of nitrogens with zero attached hydrogens (tertiary/aromatic N) is 2. The van der Waals surface area contributed by atoms with Gasteiger partial charge in [-0.05, 0) is 48.1 Å². The highest BCUT2D eigenvalue weighted by Crippen LogP contribution is 2.65. The lowest BCUT2D eigenvalue weighted by atomic mass is 9.69. The topological polar surface area (TPSA) is 44.8 Å². The molecule has 1 aromatic carbocycles. The molecule has 3 fully saturated rings. The van der Waals surface area contributed by atoms with Crippen LogP contribution in [0.25, 0.3) is 0 Å². The van der Waals surface area contributed by atoms with E-state index in [1.165, 1.54) is 12.8 Å². The summed E-state index contributed by atoms with van der Waals surface area (Å²) in [6.07, 6.45) is 3.69. The summed E-state index contributed by atoms with van der Waals surface area (Å²) in [6, 6.07) is 8.59. The fourth-order valence-corrected chi connectivity index (χ4v) is 5.64. The molecule has 2 amide bonds. The van der Waals surface area contributed by atoms with Crippen LogP contribution in [0, 0.1) is 16.7 Å². The number of methoxy groups -OCH3 is 1. The number of nitrogens with one attached hydrogen (secondary N) is 1. The van der Waals surface area contributed by atoms with E-state index in [4.69, 9.17) is 4.74 Å². The molecule has 2 bridgehead atoms. The molecule has 0 radical (unpaired) electrons. The molecule has 2 aliphatic carbocycles. The Labute approximate surface area is 163 Å². The number of hydrogen-bond donors (Lipinski definition) is 1. The standard InChI is InChI=1S/C22H33N3O2/c1-21(2)16-8-9-22(21,3)19(14-16)23-20(26)25-12-10-24(11-13-25)17-6-5-7-18(15-17)27-4/h5-7,15-16,19H,8-14H2,1-4H3,(H,23,26)/t16-,19-,22-/m1/s1. The van der Waals surface area contributed by atoms with Crippen LogP contribution >= 0.6 is 0 Å². The van der Waals surface area contributed by atoms with Crippen molar-refractivity contribution in [2.24, 2.45) is 16.7 Å². The zero-order chi connectivity index (χ0) is 19.2. The Balaban J connectivity index is 1.34. The van der Waals surface area contributed by atoms with Gasteiger partial charge in [0.2, 0.25) is 0 Å². The van der Waals surface area contributed by atoms with Crippen LogP contribution in [0.5, 0.6) is 5.75 Å². The Morgan fingerprint density at radius 1 is 1.19 bits per heavy atom. The molecule has 3 atom stereocenters. The summed E-state index contributed by atoms with van der Waals surface area (Å²) in [5.74, 6) is 1.62. The highest BCUT2D eigenvalue weighted by molar-refractivity contribution is 5.75. The van der Waals surface area contributed by atoms with Crippen molar-refractivity contribution >= 4 is 11.7 Å². The van der Waals surface area contributed by atoms with Crippen molar-refractivity contribution in [3.05, 3.63) is 24.3 Å². The summed E-state index contributed by atoms with van der Waals surface area (Å²) in [5, 5.41) is 3.40. The van der Waals surface area contributed by atoms with Crippen LogP contribution in [0.15, 0.2) is 24.3 Å². The molecule has 0 spiro atoms. The lowest BCUT2D eigenvalue weighted by Gasteiger charge is -2.41. The minimum absolute atomic E-state index is 0.120. The summed E-state index contributed by atoms with van der Waals surface area (Å²) < 4.78 is 5.33. The van der Waals surface area contributed by atoms with Crippen LogP contribution in [0.3, 0.4) is 0 Å². The van der Waals surface area contributed by atoms with Crippen molar-refractivity contribution < 1.29 is 9.53 Å². The lowest BCUT2D eigenvalue weighted by molar-refractivity contribution is 0.117. The zero-order valence-electron chi connectivity index (χ0n) is 17.1. The molecule has 1 aromatic rings. The van der Waals surface area contributed by atoms with Crippen LogP contribution in [-0.2, 0) is 0 Å². The molecule has 148 valence electrons. The first-order valence-electron chi connectivity index (χ1n) is 10.3. The summed E-state index contributed by atoms with van der Waals surface area (Å²) in [5.41, 5.74) is 1.72. The molecule has 3 aliphatic rings. The SMILES string of the molecule is COc1cccc(N2CCN(C(=O)N[C@@H]3C[C@H]4CC[C@@]3(C)C4(C)C)CC2)c1. The van der Waals surface area contributed by atoms with E-state index < -0.39 is 0 Å². The Bertz CT molecular complexity index is 711. The van der Waals surface area contributed by atoms with E-state index in [1.54, 1.807) is 7.11 Å². The summed E-state index contributed by atoms with van der Waals surface area (Å²) in [6.45, 7) is 10.4. The van der Waals surface area contributed by atoms with Crippen molar-refractivity contribution in [2.75, 3.05) is 38.2 Å². The maximum atomic E-state index is 12.9. The predicted molar refractivity (Wildman–Crippen MR) is 108 cm³/mol. The average Bonchev–Trinajstić information content (AvgIpc) is 3.01. The van der Waals surface area contributed by atoms with Gasteiger partial charge in [-0.2, -0.15) is 0 Å². The van der Waals surface area contributed by atoms with Gasteiger partial charge in [-0.3, -0.25) is 0 Å². The monoisotopic (exact) mass is 371 g/mol. The van der Waals surface area contributed by atoms with Gasteiger partial charge in [-0.1, -0.05) is 26.8 Å². The fraction of sp³-hybridized carbons (Fsp3) is 0.682. The lowest BCUT2D eigenvalue weighted by Crippen LogP contribution is -2.56. The van der Waals surface area contributed by atoms with Crippen molar-refractivity contribution in [1.82, 2.24) is 10.2 Å². The van der Waals surface area contributed by atoms with E-state index >= 15 is 0 Å². The minimum Gasteiger partial charge on any atom is -0.497 e. The second kappa shape index (κ2) is 6.61. The third-order valence-corrected chi connectivity index (χ3v) is 8.08. The molecule has 5 nitrogen and oxygen atoms in total. The normalized spacial score (nSPS) is 31.9. The van der Waals surface area contributed by atoms with E-state index in [0.717, 1.165) is 50.0 Å². The minimum atomic E-state index is 0.120. The molecule has 1 heterocycles. The number of urea groups is 1. The molecule has 5 heteroatoms. The van der Waals surface area contributed by atoms with Crippen LogP contribution in [0.2, 0.25) is 0 Å². The van der Waals surface area contributed by atoms with E-state index in [1.807, 2.05) is 17.0 Å². The third-order valence-electron chi connectivity index (χ3n) is 8.08. The van der Waals surface area contributed by atoms with Gasteiger partial charge in [0.25, 0.3) is 0 Å². The molecule has 27 heavy (non-hydrogen) atoms. The van der Waals surface area contributed by atoms with Gasteiger partial charge in [0.15, 0.2) is 0 Å². The number of fused-ring (bicyclic) bond motifs is 2. The fourth-order valence-electron chi connectivity index (χ4n) is 5.64. The van der Waals surface area contributed by atoms with Crippen molar-refractivity contribution in [2.45, 2.75) is 46.1 Å².